The van der Waals surface area contributed by atoms with E-state index in [0.29, 0.717) is 17.4 Å². The van der Waals surface area contributed by atoms with Gasteiger partial charge < -0.3 is 15.6 Å². The lowest BCUT2D eigenvalue weighted by Gasteiger charge is -2.30. The molecule has 9 nitrogen and oxygen atoms in total. The molecule has 1 amide bonds. The van der Waals surface area contributed by atoms with Gasteiger partial charge in [-0.3, -0.25) is 19.2 Å². The Kier molecular flexibility index (Phi) is 8.94. The summed E-state index contributed by atoms with van der Waals surface area (Å²) in [6, 6.07) is -1.09. The van der Waals surface area contributed by atoms with Crippen molar-refractivity contribution in [2.45, 2.75) is 73.0 Å². The van der Waals surface area contributed by atoms with Crippen molar-refractivity contribution >= 4 is 35.4 Å². The minimum absolute atomic E-state index is 0.0519. The number of nitrogens with zero attached hydrogens (tertiary/aromatic N) is 2. The van der Waals surface area contributed by atoms with Crippen LogP contribution in [-0.4, -0.2) is 52.4 Å². The zero-order chi connectivity index (χ0) is 23.9. The summed E-state index contributed by atoms with van der Waals surface area (Å²) in [5, 5.41) is 2.56. The number of carbonyl (C=O) groups excluding carboxylic acids is 5. The Hall–Kier alpha value is -3.19. The molecule has 168 valence electrons. The topological polar surface area (TPSA) is 143 Å². The minimum Gasteiger partial charge on any atom is -0.461 e. The van der Waals surface area contributed by atoms with Crippen LogP contribution in [0, 0.1) is 5.41 Å². The van der Waals surface area contributed by atoms with E-state index in [1.807, 2.05) is 0 Å². The molecule has 0 radical (unpaired) electrons. The molecule has 9 heteroatoms. The van der Waals surface area contributed by atoms with E-state index >= 15 is 0 Å². The van der Waals surface area contributed by atoms with Crippen LogP contribution in [0.4, 0.5) is 0 Å². The van der Waals surface area contributed by atoms with Gasteiger partial charge in [0.2, 0.25) is 11.7 Å². The molecule has 0 aromatic rings. The Morgan fingerprint density at radius 1 is 1.23 bits per heavy atom. The third-order valence-corrected chi connectivity index (χ3v) is 4.80. The molecule has 0 saturated heterocycles. The Morgan fingerprint density at radius 2 is 1.84 bits per heavy atom. The smallest absolute Gasteiger partial charge is 0.328 e. The van der Waals surface area contributed by atoms with Crippen LogP contribution in [0.5, 0.6) is 0 Å². The standard InChI is InChI=1S/C22H29N3O6/c1-12(2)31-21(30)16(8-7-15(26)11-24-23)25-18(28)10-22(5,6)19-14(4)20(29)13(3)9-17(19)27/h9,11-12,16H,7-8,10H2,1-6H3,(H,25,28)/t16-/m0/s1. The summed E-state index contributed by atoms with van der Waals surface area (Å²) < 4.78 is 5.15. The number of hydrogen-bond donors (Lipinski definition) is 1. The van der Waals surface area contributed by atoms with Crippen molar-refractivity contribution in [1.29, 1.82) is 0 Å². The average Bonchev–Trinajstić information content (AvgIpc) is 2.62. The second kappa shape index (κ2) is 10.7. The number of rotatable bonds is 10. The van der Waals surface area contributed by atoms with E-state index in [0.717, 1.165) is 0 Å². The summed E-state index contributed by atoms with van der Waals surface area (Å²) in [5.74, 6) is -2.32. The molecule has 0 aromatic heterocycles. The van der Waals surface area contributed by atoms with Gasteiger partial charge >= 0.3 is 12.2 Å². The summed E-state index contributed by atoms with van der Waals surface area (Å²) in [6.45, 7) is 9.78. The molecule has 0 aromatic carbocycles. The second-order valence-corrected chi connectivity index (χ2v) is 8.44. The van der Waals surface area contributed by atoms with Crippen molar-refractivity contribution in [3.8, 4) is 0 Å². The fourth-order valence-corrected chi connectivity index (χ4v) is 3.48. The minimum atomic E-state index is -1.09. The van der Waals surface area contributed by atoms with Crippen molar-refractivity contribution in [2.75, 3.05) is 0 Å². The summed E-state index contributed by atoms with van der Waals surface area (Å²) in [7, 11) is 0. The first-order chi connectivity index (χ1) is 14.3. The zero-order valence-electron chi connectivity index (χ0n) is 18.8. The van der Waals surface area contributed by atoms with Gasteiger partial charge in [0.25, 0.3) is 0 Å². The number of ketones is 3. The van der Waals surface area contributed by atoms with Gasteiger partial charge in [0.05, 0.1) is 6.10 Å². The van der Waals surface area contributed by atoms with E-state index in [-0.39, 0.29) is 36.4 Å². The van der Waals surface area contributed by atoms with E-state index in [9.17, 15) is 24.0 Å². The summed E-state index contributed by atoms with van der Waals surface area (Å²) in [6.07, 6.45) is 1.19. The number of allylic oxidation sites excluding steroid dienone is 4. The summed E-state index contributed by atoms with van der Waals surface area (Å²) in [5.41, 5.74) is 8.37. The van der Waals surface area contributed by atoms with E-state index in [2.05, 4.69) is 10.1 Å². The first kappa shape index (κ1) is 25.8. The van der Waals surface area contributed by atoms with Gasteiger partial charge in [-0.25, -0.2) is 4.79 Å². The van der Waals surface area contributed by atoms with Crippen molar-refractivity contribution in [1.82, 2.24) is 5.32 Å². The summed E-state index contributed by atoms with van der Waals surface area (Å²) >= 11 is 0. The highest BCUT2D eigenvalue weighted by Gasteiger charge is 2.37. The Balaban J connectivity index is 3.00. The molecule has 1 N–H and O–H groups in total. The number of nitrogens with one attached hydrogen (secondary N) is 1. The predicted molar refractivity (Wildman–Crippen MR) is 112 cm³/mol. The first-order valence-corrected chi connectivity index (χ1v) is 9.99. The number of Topliss-reactive ketones (excluding diaryl/α,β-unsaturated/α-hetero) is 2. The molecule has 1 atom stereocenters. The quantitative estimate of drug-likeness (QED) is 0.184. The lowest BCUT2D eigenvalue weighted by molar-refractivity contribution is -0.152. The van der Waals surface area contributed by atoms with E-state index < -0.39 is 35.2 Å². The fourth-order valence-electron chi connectivity index (χ4n) is 3.48. The van der Waals surface area contributed by atoms with Gasteiger partial charge in [-0.1, -0.05) is 13.8 Å². The molecule has 0 fully saturated rings. The zero-order valence-corrected chi connectivity index (χ0v) is 18.8. The number of carbonyl (C=O) groups is 5. The molecule has 0 spiro atoms. The maximum absolute atomic E-state index is 12.7. The number of esters is 1. The first-order valence-electron chi connectivity index (χ1n) is 9.99. The van der Waals surface area contributed by atoms with Gasteiger partial charge in [-0.15, -0.1) is 0 Å². The number of amides is 1. The Labute approximate surface area is 181 Å². The Bertz CT molecular complexity index is 904. The van der Waals surface area contributed by atoms with Crippen molar-refractivity contribution < 1.29 is 33.5 Å². The maximum Gasteiger partial charge on any atom is 0.328 e. The predicted octanol–water partition coefficient (Wildman–Crippen LogP) is 1.90. The Morgan fingerprint density at radius 3 is 2.39 bits per heavy atom. The molecule has 1 aliphatic carbocycles. The third-order valence-electron chi connectivity index (χ3n) is 4.80. The molecule has 0 bridgehead atoms. The monoisotopic (exact) mass is 431 g/mol. The molecule has 0 aliphatic heterocycles. The second-order valence-electron chi connectivity index (χ2n) is 8.44. The number of hydrogen-bond acceptors (Lipinski definition) is 6. The van der Waals surface area contributed by atoms with E-state index in [4.69, 9.17) is 10.3 Å². The van der Waals surface area contributed by atoms with Gasteiger partial charge in [0, 0.05) is 35.0 Å². The lowest BCUT2D eigenvalue weighted by atomic mass is 9.73. The average molecular weight is 431 g/mol. The number of ether oxygens (including phenoxy) is 1. The highest BCUT2D eigenvalue weighted by Crippen LogP contribution is 2.36. The molecular weight excluding hydrogens is 402 g/mol. The van der Waals surface area contributed by atoms with Crippen molar-refractivity contribution in [3.63, 3.8) is 0 Å². The molecule has 0 saturated carbocycles. The van der Waals surface area contributed by atoms with Crippen molar-refractivity contribution in [3.05, 3.63) is 28.3 Å². The van der Waals surface area contributed by atoms with Crippen molar-refractivity contribution in [2.24, 2.45) is 5.41 Å². The normalized spacial score (nSPS) is 15.3. The molecule has 1 rings (SSSR count). The van der Waals surface area contributed by atoms with Gasteiger partial charge in [0.15, 0.2) is 11.6 Å². The van der Waals surface area contributed by atoms with E-state index in [1.165, 1.54) is 6.08 Å². The molecule has 1 aliphatic rings. The van der Waals surface area contributed by atoms with Crippen LogP contribution in [0.25, 0.3) is 5.53 Å². The van der Waals surface area contributed by atoms with Crippen LogP contribution in [-0.2, 0) is 28.7 Å². The van der Waals surface area contributed by atoms with Crippen LogP contribution >= 0.6 is 0 Å². The van der Waals surface area contributed by atoms with Crippen LogP contribution in [0.2, 0.25) is 0 Å². The van der Waals surface area contributed by atoms with E-state index in [1.54, 1.807) is 41.5 Å². The van der Waals surface area contributed by atoms with Crippen LogP contribution in [0.15, 0.2) is 22.8 Å². The molecular formula is C22H29N3O6. The summed E-state index contributed by atoms with van der Waals surface area (Å²) in [4.78, 5) is 64.1. The lowest BCUT2D eigenvalue weighted by Crippen LogP contribution is -2.44. The third kappa shape index (κ3) is 7.22. The van der Waals surface area contributed by atoms with Gasteiger partial charge in [-0.2, -0.15) is 4.79 Å². The highest BCUT2D eigenvalue weighted by atomic mass is 16.5. The van der Waals surface area contributed by atoms with Crippen LogP contribution < -0.4 is 5.32 Å². The van der Waals surface area contributed by atoms with Crippen LogP contribution in [0.3, 0.4) is 0 Å². The van der Waals surface area contributed by atoms with Gasteiger partial charge in [0.1, 0.15) is 6.04 Å². The molecule has 0 unspecified atom stereocenters. The molecule has 31 heavy (non-hydrogen) atoms. The SMILES string of the molecule is CC1=CC(=O)C(C(C)(C)CC(=O)N[C@@H](CCC(=O)C=[N+]=[N-])C(=O)OC(C)C)=C(C)C1=O. The van der Waals surface area contributed by atoms with Gasteiger partial charge in [-0.05, 0) is 40.2 Å². The fraction of sp³-hybridized carbons (Fsp3) is 0.545. The van der Waals surface area contributed by atoms with Crippen LogP contribution in [0.1, 0.15) is 60.8 Å². The largest absolute Gasteiger partial charge is 0.461 e. The highest BCUT2D eigenvalue weighted by molar-refractivity contribution is 6.25. The maximum atomic E-state index is 12.7. The molecule has 0 heterocycles.